The van der Waals surface area contributed by atoms with E-state index in [2.05, 4.69) is 11.4 Å². The first-order chi connectivity index (χ1) is 9.15. The van der Waals surface area contributed by atoms with Gasteiger partial charge in [-0.15, -0.1) is 0 Å². The van der Waals surface area contributed by atoms with Crippen molar-refractivity contribution in [1.29, 1.82) is 5.26 Å². The lowest BCUT2D eigenvalue weighted by molar-refractivity contribution is -0.147. The van der Waals surface area contributed by atoms with Crippen molar-refractivity contribution < 1.29 is 4.79 Å². The van der Waals surface area contributed by atoms with E-state index in [1.807, 2.05) is 6.92 Å². The Bertz CT molecular complexity index is 374. The molecule has 4 aliphatic carbocycles. The smallest absolute Gasteiger partial charge is 0.226 e. The minimum atomic E-state index is -0.0718. The third kappa shape index (κ3) is 2.26. The molecule has 1 atom stereocenters. The molecule has 0 aromatic carbocycles. The van der Waals surface area contributed by atoms with E-state index in [1.165, 1.54) is 19.3 Å². The molecule has 1 amide bonds. The molecule has 4 rings (SSSR count). The van der Waals surface area contributed by atoms with Crippen molar-refractivity contribution >= 4 is 5.91 Å². The Kier molecular flexibility index (Phi) is 3.28. The number of nitrogens with zero attached hydrogens (tertiary/aromatic N) is 1. The van der Waals surface area contributed by atoms with Gasteiger partial charge in [0.15, 0.2) is 0 Å². The molecule has 1 unspecified atom stereocenters. The summed E-state index contributed by atoms with van der Waals surface area (Å²) in [6.45, 7) is 2.04. The molecule has 3 heteroatoms. The summed E-state index contributed by atoms with van der Waals surface area (Å²) in [5.41, 5.74) is -0.0718. The molecule has 1 N–H and O–H groups in total. The van der Waals surface area contributed by atoms with Crippen LogP contribution < -0.4 is 5.32 Å². The summed E-state index contributed by atoms with van der Waals surface area (Å²) in [4.78, 5) is 12.7. The summed E-state index contributed by atoms with van der Waals surface area (Å²) in [5.74, 6) is 2.66. The van der Waals surface area contributed by atoms with Crippen LogP contribution in [-0.4, -0.2) is 11.9 Å². The molecule has 0 aromatic rings. The Morgan fingerprint density at radius 1 is 1.26 bits per heavy atom. The fourth-order valence-corrected chi connectivity index (χ4v) is 5.13. The van der Waals surface area contributed by atoms with Crippen LogP contribution >= 0.6 is 0 Å². The Morgan fingerprint density at radius 3 is 2.21 bits per heavy atom. The zero-order chi connectivity index (χ0) is 13.5. The molecular formula is C16H24N2O. The zero-order valence-corrected chi connectivity index (χ0v) is 11.8. The molecule has 0 radical (unpaired) electrons. The number of rotatable bonds is 4. The first-order valence-corrected chi connectivity index (χ1v) is 7.83. The predicted octanol–water partition coefficient (Wildman–Crippen LogP) is 3.01. The van der Waals surface area contributed by atoms with Crippen LogP contribution in [0.15, 0.2) is 0 Å². The number of hydrogen-bond acceptors (Lipinski definition) is 2. The quantitative estimate of drug-likeness (QED) is 0.844. The van der Waals surface area contributed by atoms with Crippen LogP contribution in [0.3, 0.4) is 0 Å². The highest BCUT2D eigenvalue weighted by atomic mass is 16.2. The van der Waals surface area contributed by atoms with Gasteiger partial charge in [-0.2, -0.15) is 5.26 Å². The van der Waals surface area contributed by atoms with Gasteiger partial charge < -0.3 is 5.32 Å². The number of nitrogens with one attached hydrogen (secondary N) is 1. The fourth-order valence-electron chi connectivity index (χ4n) is 5.13. The molecule has 0 aliphatic heterocycles. The van der Waals surface area contributed by atoms with Gasteiger partial charge in [-0.05, 0) is 62.7 Å². The first kappa shape index (κ1) is 13.0. The van der Waals surface area contributed by atoms with Crippen molar-refractivity contribution in [3.05, 3.63) is 0 Å². The third-order valence-electron chi connectivity index (χ3n) is 5.69. The van der Waals surface area contributed by atoms with Gasteiger partial charge in [0.2, 0.25) is 5.91 Å². The third-order valence-corrected chi connectivity index (χ3v) is 5.69. The maximum atomic E-state index is 12.7. The maximum Gasteiger partial charge on any atom is 0.226 e. The lowest BCUT2D eigenvalue weighted by Gasteiger charge is -2.55. The summed E-state index contributed by atoms with van der Waals surface area (Å²) in [6.07, 6.45) is 8.70. The summed E-state index contributed by atoms with van der Waals surface area (Å²) in [6, 6.07) is 2.23. The lowest BCUT2D eigenvalue weighted by atomic mass is 9.49. The Morgan fingerprint density at radius 2 is 1.79 bits per heavy atom. The van der Waals surface area contributed by atoms with Crippen molar-refractivity contribution in [3.63, 3.8) is 0 Å². The topological polar surface area (TPSA) is 52.9 Å². The van der Waals surface area contributed by atoms with E-state index in [0.29, 0.717) is 6.42 Å². The summed E-state index contributed by atoms with van der Waals surface area (Å²) < 4.78 is 0. The second kappa shape index (κ2) is 4.81. The molecule has 0 spiro atoms. The highest BCUT2D eigenvalue weighted by Gasteiger charge is 2.54. The standard InChI is InChI=1S/C16H24N2O/c1-2-14(3-4-17)18-15(19)16-8-11-5-12(9-16)7-13(6-11)10-16/h11-14H,2-3,5-10H2,1H3,(H,18,19). The van der Waals surface area contributed by atoms with Gasteiger partial charge in [0, 0.05) is 11.5 Å². The number of amides is 1. The molecule has 4 bridgehead atoms. The van der Waals surface area contributed by atoms with Crippen molar-refractivity contribution in [1.82, 2.24) is 5.32 Å². The molecule has 19 heavy (non-hydrogen) atoms. The first-order valence-electron chi connectivity index (χ1n) is 7.83. The molecule has 3 nitrogen and oxygen atoms in total. The second-order valence-electron chi connectivity index (χ2n) is 7.14. The van der Waals surface area contributed by atoms with Crippen LogP contribution in [-0.2, 0) is 4.79 Å². The number of carbonyl (C=O) groups excluding carboxylic acids is 1. The Balaban J connectivity index is 1.71. The van der Waals surface area contributed by atoms with Crippen molar-refractivity contribution in [2.75, 3.05) is 0 Å². The van der Waals surface area contributed by atoms with Crippen LogP contribution in [0.4, 0.5) is 0 Å². The van der Waals surface area contributed by atoms with E-state index in [-0.39, 0.29) is 17.4 Å². The highest BCUT2D eigenvalue weighted by molar-refractivity contribution is 5.83. The van der Waals surface area contributed by atoms with E-state index in [9.17, 15) is 4.79 Å². The maximum absolute atomic E-state index is 12.7. The lowest BCUT2D eigenvalue weighted by Crippen LogP contribution is -2.55. The van der Waals surface area contributed by atoms with Gasteiger partial charge in [-0.1, -0.05) is 6.92 Å². The molecule has 104 valence electrons. The van der Waals surface area contributed by atoms with Crippen molar-refractivity contribution in [2.24, 2.45) is 23.2 Å². The largest absolute Gasteiger partial charge is 0.352 e. The van der Waals surface area contributed by atoms with Crippen molar-refractivity contribution in [2.45, 2.75) is 64.3 Å². The molecular weight excluding hydrogens is 236 g/mol. The van der Waals surface area contributed by atoms with Gasteiger partial charge in [-0.25, -0.2) is 0 Å². The average Bonchev–Trinajstić information content (AvgIpc) is 2.36. The zero-order valence-electron chi connectivity index (χ0n) is 11.8. The van der Waals surface area contributed by atoms with Gasteiger partial charge >= 0.3 is 0 Å². The monoisotopic (exact) mass is 260 g/mol. The van der Waals surface area contributed by atoms with Gasteiger partial charge in [0.1, 0.15) is 0 Å². The molecule has 4 aliphatic rings. The Labute approximate surface area is 115 Å². The minimum Gasteiger partial charge on any atom is -0.352 e. The van der Waals surface area contributed by atoms with E-state index in [4.69, 9.17) is 5.26 Å². The van der Waals surface area contributed by atoms with Crippen LogP contribution in [0, 0.1) is 34.5 Å². The second-order valence-corrected chi connectivity index (χ2v) is 7.14. The molecule has 4 fully saturated rings. The Hall–Kier alpha value is -1.04. The molecule has 0 heterocycles. The molecule has 4 saturated carbocycles. The van der Waals surface area contributed by atoms with Crippen LogP contribution in [0.2, 0.25) is 0 Å². The summed E-state index contributed by atoms with van der Waals surface area (Å²) in [5, 5.41) is 12.0. The van der Waals surface area contributed by atoms with Crippen LogP contribution in [0.25, 0.3) is 0 Å². The van der Waals surface area contributed by atoms with Crippen LogP contribution in [0.1, 0.15) is 58.3 Å². The van der Waals surface area contributed by atoms with Gasteiger partial charge in [0.25, 0.3) is 0 Å². The van der Waals surface area contributed by atoms with Crippen LogP contribution in [0.5, 0.6) is 0 Å². The SMILES string of the molecule is CCC(CC#N)NC(=O)C12CC3CC(CC(C3)C1)C2. The van der Waals surface area contributed by atoms with Gasteiger partial charge in [0.05, 0.1) is 12.5 Å². The van der Waals surface area contributed by atoms with E-state index in [0.717, 1.165) is 43.4 Å². The van der Waals surface area contributed by atoms with Crippen molar-refractivity contribution in [3.8, 4) is 6.07 Å². The van der Waals surface area contributed by atoms with E-state index >= 15 is 0 Å². The summed E-state index contributed by atoms with van der Waals surface area (Å²) in [7, 11) is 0. The number of carbonyl (C=O) groups is 1. The minimum absolute atomic E-state index is 0.0468. The van der Waals surface area contributed by atoms with E-state index in [1.54, 1.807) is 0 Å². The molecule has 0 saturated heterocycles. The van der Waals surface area contributed by atoms with Gasteiger partial charge in [-0.3, -0.25) is 4.79 Å². The predicted molar refractivity (Wildman–Crippen MR) is 73.1 cm³/mol. The normalized spacial score (nSPS) is 40.7. The average molecular weight is 260 g/mol. The summed E-state index contributed by atoms with van der Waals surface area (Å²) >= 11 is 0. The number of nitriles is 1. The van der Waals surface area contributed by atoms with E-state index < -0.39 is 0 Å². The number of hydrogen-bond donors (Lipinski definition) is 1. The molecule has 0 aromatic heterocycles. The fraction of sp³-hybridized carbons (Fsp3) is 0.875. The highest BCUT2D eigenvalue weighted by Crippen LogP contribution is 2.60.